The van der Waals surface area contributed by atoms with Crippen LogP contribution in [0.3, 0.4) is 0 Å². The van der Waals surface area contributed by atoms with Crippen LogP contribution in [0.1, 0.15) is 54.4 Å². The van der Waals surface area contributed by atoms with E-state index < -0.39 is 11.2 Å². The number of nitrogens with two attached hydrogens (primary N) is 1. The highest BCUT2D eigenvalue weighted by Crippen LogP contribution is 2.38. The number of fused-ring (bicyclic) bond motifs is 22. The molecule has 7 aliphatic heterocycles. The van der Waals surface area contributed by atoms with Gasteiger partial charge in [-0.15, -0.1) is 0 Å². The van der Waals surface area contributed by atoms with Crippen LogP contribution in [0.25, 0.3) is 131 Å². The molecule has 0 aliphatic carbocycles. The van der Waals surface area contributed by atoms with Crippen molar-refractivity contribution in [1.82, 2.24) is 85.1 Å². The molecule has 7 saturated heterocycles. The molecule has 702 valence electrons. The number of nitrogens with zero attached hydrogens (tertiary/aromatic N) is 14. The van der Waals surface area contributed by atoms with Gasteiger partial charge in [-0.2, -0.15) is 0 Å². The fraction of sp³-hybridized carbons (Fsp3) is 0.295. The second kappa shape index (κ2) is 37.5. The SMILES string of the molecule is CC(C)(C)OC(=O)N1CC2CC1CN2c1ccc2[nH]c(=O)c3ccccc3c2n1.CC(C)(C)OC(=O)N1CCN(c2ccc3[nH]c(=O)c4ccccc4c3n2)CC1.CN1CCN(c2ccc3[nH]c(=O)c4ccccc4c3n2)CC1.Nc1ccc2[nH]c(=O)c3ccccc3c2n1.O=c1[nH]c2ccc(N3CC4CC3CN4)nc2c2ccccc12.O=c1[nH]c2ccc(N3CCNCC3)nc2c2ccccc12. The Labute approximate surface area is 790 Å². The van der Waals surface area contributed by atoms with E-state index >= 15 is 0 Å². The molecule has 0 radical (unpaired) electrons. The minimum Gasteiger partial charge on any atom is -0.444 e. The molecule has 25 rings (SSSR count). The van der Waals surface area contributed by atoms with Gasteiger partial charge in [-0.05, 0) is 171 Å². The number of nitrogens with one attached hydrogen (secondary N) is 8. The monoisotopic (exact) mass is 1850 g/mol. The van der Waals surface area contributed by atoms with Crippen LogP contribution in [0.4, 0.5) is 44.5 Å². The zero-order chi connectivity index (χ0) is 95.4. The van der Waals surface area contributed by atoms with E-state index in [0.29, 0.717) is 88.5 Å². The standard InChI is InChI=1S/C22H24N4O3.C21H24N4O3.C17H16N4O.C17H18N4O.C16H16N4O.C12H9N3O/c1-22(2,3)29-21(28)26-12-13-10-14(26)11-25(13)18-9-8-17-19(24-18)15-6-4-5-7-16(15)20(27)23-17;1-21(2,3)28-20(27)25-12-10-24(11-13-25)17-9-8-16-18(23-17)14-6-4-5-7-15(14)19(26)22-16;22-17-13-4-2-1-3-12(13)16-14(19-17)5-6-15(20-16)21-9-10-7-11(21)8-18-10;1-20-8-10-21(11-9-20)15-7-6-14-16(19-15)12-4-2-3-5-13(12)17(22)18-14;21-16-12-4-2-1-3-11(12)15-13(18-16)5-6-14(19-15)20-9-7-17-8-10-20;13-10-6-5-9-11(15-10)7-3-1-2-4-8(7)12(16)14-9/h4-9,13-14H,10-12H2,1-3H3,(H,23,27);4-9H,10-13H2,1-3H3,(H,22,26);1-6,10-11,18H,7-9H2,(H,19,22);2-7H,8-11H2,1H3,(H,18,22);1-6,17H,7-10H2,(H,18,21);1-6H,(H2,13,15)(H,14,16). The first kappa shape index (κ1) is 90.1. The van der Waals surface area contributed by atoms with E-state index in [4.69, 9.17) is 40.1 Å². The summed E-state index contributed by atoms with van der Waals surface area (Å²) < 4.78 is 11.0. The highest BCUT2D eigenvalue weighted by molar-refractivity contribution is 6.08. The normalized spacial score (nSPS) is 17.7. The molecule has 4 bridgehead atoms. The number of likely N-dealkylation sites (N-methyl/N-ethyl adjacent to an activating group) is 1. The smallest absolute Gasteiger partial charge is 0.410 e. The number of piperazine rings is 5. The average molecular weight is 1850 g/mol. The Balaban J connectivity index is 0.000000103. The number of ether oxygens (including phenoxy) is 2. The van der Waals surface area contributed by atoms with Crippen LogP contribution in [-0.2, 0) is 9.47 Å². The maximum Gasteiger partial charge on any atom is 0.410 e. The summed E-state index contributed by atoms with van der Waals surface area (Å²) in [5.74, 6) is 5.14. The Bertz CT molecular complexity index is 8170. The zero-order valence-electron chi connectivity index (χ0n) is 77.7. The number of benzene rings is 6. The number of hydrogen-bond donors (Lipinski definition) is 9. The summed E-state index contributed by atoms with van der Waals surface area (Å²) in [4.78, 5) is 160. The second-order valence-corrected chi connectivity index (χ2v) is 37.9. The third kappa shape index (κ3) is 18.6. The molecule has 4 unspecified atom stereocenters. The Morgan fingerprint density at radius 3 is 0.957 bits per heavy atom. The van der Waals surface area contributed by atoms with Crippen LogP contribution in [-0.4, -0.2) is 234 Å². The lowest BCUT2D eigenvalue weighted by Gasteiger charge is -2.36. The van der Waals surface area contributed by atoms with Crippen molar-refractivity contribution in [3.05, 3.63) is 281 Å². The van der Waals surface area contributed by atoms with Crippen LogP contribution in [0.5, 0.6) is 0 Å². The van der Waals surface area contributed by atoms with Gasteiger partial charge in [0.1, 0.15) is 46.1 Å². The topological polar surface area (TPSA) is 403 Å². The van der Waals surface area contributed by atoms with E-state index in [-0.39, 0.29) is 57.6 Å². The van der Waals surface area contributed by atoms with Crippen molar-refractivity contribution in [2.45, 2.75) is 89.8 Å². The first-order chi connectivity index (χ1) is 66.7. The first-order valence-electron chi connectivity index (χ1n) is 46.9. The van der Waals surface area contributed by atoms with Gasteiger partial charge in [-0.25, -0.2) is 39.5 Å². The molecular weight excluding hydrogens is 1740 g/mol. The molecule has 0 spiro atoms. The number of hydrogen-bond acceptors (Lipinski definition) is 25. The van der Waals surface area contributed by atoms with Crippen molar-refractivity contribution in [2.75, 3.05) is 142 Å². The third-order valence-electron chi connectivity index (χ3n) is 26.4. The second-order valence-electron chi connectivity index (χ2n) is 37.9. The predicted molar refractivity (Wildman–Crippen MR) is 548 cm³/mol. The molecule has 0 saturated carbocycles. The van der Waals surface area contributed by atoms with Gasteiger partial charge in [0.25, 0.3) is 33.4 Å². The van der Waals surface area contributed by atoms with Gasteiger partial charge in [0.05, 0.1) is 78.3 Å². The van der Waals surface area contributed by atoms with Gasteiger partial charge in [-0.3, -0.25) is 28.8 Å². The van der Waals surface area contributed by atoms with E-state index in [0.717, 1.165) is 201 Å². The van der Waals surface area contributed by atoms with Gasteiger partial charge >= 0.3 is 12.2 Å². The van der Waals surface area contributed by atoms with Crippen molar-refractivity contribution >= 4 is 178 Å². The Morgan fingerprint density at radius 2 is 0.630 bits per heavy atom. The largest absolute Gasteiger partial charge is 0.444 e. The molecule has 33 heteroatoms. The highest BCUT2D eigenvalue weighted by atomic mass is 16.6. The summed E-state index contributed by atoms with van der Waals surface area (Å²) in [6.07, 6.45) is 1.61. The number of nitrogen functional groups attached to an aromatic ring is 1. The number of pyridine rings is 12. The molecule has 4 atom stereocenters. The lowest BCUT2D eigenvalue weighted by Crippen LogP contribution is -2.50. The number of amides is 2. The summed E-state index contributed by atoms with van der Waals surface area (Å²) in [6, 6.07) is 69.8. The third-order valence-corrected chi connectivity index (χ3v) is 26.4. The summed E-state index contributed by atoms with van der Waals surface area (Å²) in [7, 11) is 2.14. The Kier molecular flexibility index (Phi) is 24.5. The van der Waals surface area contributed by atoms with Crippen LogP contribution in [0, 0.1) is 0 Å². The number of carbonyl (C=O) groups excluding carboxylic acids is 2. The van der Waals surface area contributed by atoms with Gasteiger partial charge in [0, 0.05) is 181 Å². The summed E-state index contributed by atoms with van der Waals surface area (Å²) in [5.41, 5.74) is 13.6. The van der Waals surface area contributed by atoms with Gasteiger partial charge in [0.2, 0.25) is 0 Å². The average Bonchev–Trinajstić information content (AvgIpc) is 1.67. The van der Waals surface area contributed by atoms with Crippen molar-refractivity contribution < 1.29 is 19.1 Å². The van der Waals surface area contributed by atoms with Crippen molar-refractivity contribution in [2.24, 2.45) is 0 Å². The minimum atomic E-state index is -0.494. The molecule has 10 N–H and O–H groups in total. The van der Waals surface area contributed by atoms with Gasteiger partial charge in [-0.1, -0.05) is 109 Å². The van der Waals surface area contributed by atoms with E-state index in [1.807, 2.05) is 247 Å². The molecule has 7 aliphatic rings. The van der Waals surface area contributed by atoms with E-state index in [9.17, 15) is 38.4 Å². The summed E-state index contributed by atoms with van der Waals surface area (Å²) in [5, 5.41) is 16.1. The zero-order valence-corrected chi connectivity index (χ0v) is 77.7. The number of aromatic nitrogens is 12. The number of carbonyl (C=O) groups is 2. The van der Waals surface area contributed by atoms with Crippen LogP contribution in [0.2, 0.25) is 0 Å². The number of H-pyrrole nitrogens is 6. The van der Waals surface area contributed by atoms with Gasteiger partial charge < -0.3 is 94.9 Å². The number of anilines is 6. The van der Waals surface area contributed by atoms with Crippen LogP contribution < -0.4 is 74.2 Å². The minimum absolute atomic E-state index is 0.0536. The molecule has 2 amide bonds. The lowest BCUT2D eigenvalue weighted by atomic mass is 10.1. The Morgan fingerprint density at radius 1 is 0.326 bits per heavy atom. The molecular formula is C105H107N23O10. The Hall–Kier alpha value is -15.7. The van der Waals surface area contributed by atoms with Crippen molar-refractivity contribution in [3.8, 4) is 0 Å². The van der Waals surface area contributed by atoms with E-state index in [1.165, 1.54) is 6.42 Å². The maximum atomic E-state index is 12.5. The molecule has 18 aromatic rings. The fourth-order valence-corrected chi connectivity index (χ4v) is 19.6. The number of aromatic amines is 6. The number of likely N-dealkylation sites (tertiary alicyclic amines) is 1. The van der Waals surface area contributed by atoms with Gasteiger partial charge in [0.15, 0.2) is 0 Å². The predicted octanol–water partition coefficient (Wildman–Crippen LogP) is 13.0. The molecule has 33 nitrogen and oxygen atoms in total. The molecule has 19 heterocycles. The summed E-state index contributed by atoms with van der Waals surface area (Å²) >= 11 is 0. The van der Waals surface area contributed by atoms with Crippen LogP contribution in [0.15, 0.2) is 247 Å². The van der Waals surface area contributed by atoms with Crippen molar-refractivity contribution in [1.29, 1.82) is 0 Å². The maximum absolute atomic E-state index is 12.5. The molecule has 12 aromatic heterocycles. The van der Waals surface area contributed by atoms with E-state index in [1.54, 1.807) is 23.1 Å². The number of rotatable bonds is 5. The molecule has 7 fully saturated rings. The van der Waals surface area contributed by atoms with Crippen LogP contribution >= 0.6 is 0 Å². The quantitative estimate of drug-likeness (QED) is 0.0723. The highest BCUT2D eigenvalue weighted by Gasteiger charge is 2.47. The molecule has 138 heavy (non-hydrogen) atoms. The first-order valence-corrected chi connectivity index (χ1v) is 46.9. The molecule has 6 aromatic carbocycles. The van der Waals surface area contributed by atoms with Crippen molar-refractivity contribution in [3.63, 3.8) is 0 Å². The fourth-order valence-electron chi connectivity index (χ4n) is 19.6. The summed E-state index contributed by atoms with van der Waals surface area (Å²) in [6.45, 7) is 25.2. The van der Waals surface area contributed by atoms with E-state index in [2.05, 4.69) is 82.0 Å². The lowest BCUT2D eigenvalue weighted by molar-refractivity contribution is 0.0210.